The molecule has 0 spiro atoms. The molecule has 0 aromatic carbocycles. The van der Waals surface area contributed by atoms with E-state index < -0.39 is 0 Å². The van der Waals surface area contributed by atoms with Crippen molar-refractivity contribution in [2.75, 3.05) is 33.4 Å². The molecule has 0 atom stereocenters. The second kappa shape index (κ2) is 12.5. The third kappa shape index (κ3) is 12.9. The molecule has 0 aliphatic rings. The summed E-state index contributed by atoms with van der Waals surface area (Å²) in [5.74, 6) is 4.82. The Morgan fingerprint density at radius 3 is 2.55 bits per heavy atom. The zero-order chi connectivity index (χ0) is 7.66. The molecule has 3 N–H and O–H groups in total. The van der Waals surface area contributed by atoms with Crippen LogP contribution < -0.4 is 11.2 Å². The van der Waals surface area contributed by atoms with Crippen LogP contribution in [0.3, 0.4) is 0 Å². The first kappa shape index (κ1) is 13.4. The Kier molecular flexibility index (Phi) is 15.3. The molecule has 0 unspecified atom stereocenters. The average molecular weight is 164 g/mol. The Bertz CT molecular complexity index is 54.4. The highest BCUT2D eigenvalue weighted by Gasteiger charge is 1.85. The van der Waals surface area contributed by atoms with Gasteiger partial charge in [0.1, 0.15) is 0 Å². The van der Waals surface area contributed by atoms with E-state index in [1.54, 1.807) is 7.11 Å². The van der Waals surface area contributed by atoms with Crippen LogP contribution >= 0.6 is 0 Å². The van der Waals surface area contributed by atoms with Gasteiger partial charge < -0.3 is 14.9 Å². The highest BCUT2D eigenvalue weighted by Crippen LogP contribution is 1.74. The molecule has 11 heavy (non-hydrogen) atoms. The molecule has 0 aromatic rings. The first-order valence-electron chi connectivity index (χ1n) is 3.43. The fourth-order valence-corrected chi connectivity index (χ4v) is 0.580. The number of hydrogen-bond acceptors (Lipinski definition) is 4. The topological polar surface area (TPSA) is 56.5 Å². The second-order valence-corrected chi connectivity index (χ2v) is 1.97. The van der Waals surface area contributed by atoms with Crippen molar-refractivity contribution in [1.29, 1.82) is 0 Å². The highest BCUT2D eigenvalue weighted by molar-refractivity contribution is 4.44. The maximum absolute atomic E-state index is 4.83. The van der Waals surface area contributed by atoms with Gasteiger partial charge in [0.05, 0.1) is 13.2 Å². The van der Waals surface area contributed by atoms with Crippen LogP contribution in [-0.4, -0.2) is 33.4 Å². The van der Waals surface area contributed by atoms with Crippen LogP contribution in [0.5, 0.6) is 0 Å². The lowest BCUT2D eigenvalue weighted by atomic mass is 10.4. The van der Waals surface area contributed by atoms with E-state index in [0.717, 1.165) is 26.1 Å². The molecule has 0 saturated heterocycles. The summed E-state index contributed by atoms with van der Waals surface area (Å²) in [5, 5.41) is 3.16. The summed E-state index contributed by atoms with van der Waals surface area (Å²) >= 11 is 0. The third-order valence-corrected chi connectivity index (χ3v) is 1.10. The standard InChI is InChI=1S/C6H16N2O2.CH4/c1-9-6-4-8-3-2-5-10-7;/h8H,2-7H2,1H3;1H4. The van der Waals surface area contributed by atoms with Gasteiger partial charge in [0.25, 0.3) is 0 Å². The van der Waals surface area contributed by atoms with Crippen molar-refractivity contribution in [1.82, 2.24) is 5.32 Å². The molecule has 0 aromatic heterocycles. The van der Waals surface area contributed by atoms with Crippen LogP contribution in [0.1, 0.15) is 13.8 Å². The van der Waals surface area contributed by atoms with Crippen molar-refractivity contribution in [2.45, 2.75) is 13.8 Å². The number of ether oxygens (including phenoxy) is 1. The quantitative estimate of drug-likeness (QED) is 0.415. The predicted molar refractivity (Wildman–Crippen MR) is 46.2 cm³/mol. The van der Waals surface area contributed by atoms with E-state index in [9.17, 15) is 0 Å². The lowest BCUT2D eigenvalue weighted by Gasteiger charge is -2.01. The lowest BCUT2D eigenvalue weighted by Crippen LogP contribution is -2.21. The van der Waals surface area contributed by atoms with Crippen molar-refractivity contribution in [3.05, 3.63) is 0 Å². The Hall–Kier alpha value is -0.160. The fraction of sp³-hybridized carbons (Fsp3) is 1.00. The van der Waals surface area contributed by atoms with Gasteiger partial charge in [-0.15, -0.1) is 0 Å². The Morgan fingerprint density at radius 1 is 1.27 bits per heavy atom. The summed E-state index contributed by atoms with van der Waals surface area (Å²) in [5.41, 5.74) is 0. The van der Waals surface area contributed by atoms with E-state index in [2.05, 4.69) is 10.2 Å². The molecule has 0 amide bonds. The van der Waals surface area contributed by atoms with Crippen LogP contribution in [-0.2, 0) is 9.57 Å². The third-order valence-electron chi connectivity index (χ3n) is 1.10. The predicted octanol–water partition coefficient (Wildman–Crippen LogP) is 0.139. The normalized spacial score (nSPS) is 9.27. The monoisotopic (exact) mass is 164 g/mol. The molecule has 0 radical (unpaired) electrons. The minimum atomic E-state index is 0. The van der Waals surface area contributed by atoms with Crippen LogP contribution in [0.25, 0.3) is 0 Å². The number of methoxy groups -OCH3 is 1. The zero-order valence-electron chi connectivity index (χ0n) is 6.43. The molecule has 70 valence electrons. The summed E-state index contributed by atoms with van der Waals surface area (Å²) in [6.07, 6.45) is 0.945. The van der Waals surface area contributed by atoms with Crippen molar-refractivity contribution in [3.8, 4) is 0 Å². The van der Waals surface area contributed by atoms with Crippen LogP contribution in [0, 0.1) is 0 Å². The van der Waals surface area contributed by atoms with E-state index in [4.69, 9.17) is 10.6 Å². The summed E-state index contributed by atoms with van der Waals surface area (Å²) in [6.45, 7) is 3.19. The van der Waals surface area contributed by atoms with Gasteiger partial charge in [-0.05, 0) is 13.0 Å². The van der Waals surface area contributed by atoms with Crippen LogP contribution in [0.15, 0.2) is 0 Å². The molecule has 0 bridgehead atoms. The molecule has 0 aliphatic carbocycles. The molecule has 0 fully saturated rings. The Balaban J connectivity index is 0. The van der Waals surface area contributed by atoms with Gasteiger partial charge in [0, 0.05) is 13.7 Å². The smallest absolute Gasteiger partial charge is 0.0691 e. The van der Waals surface area contributed by atoms with Crippen molar-refractivity contribution in [3.63, 3.8) is 0 Å². The SMILES string of the molecule is C.COCCNCCCON. The Labute approximate surface area is 69.0 Å². The highest BCUT2D eigenvalue weighted by atomic mass is 16.6. The van der Waals surface area contributed by atoms with Crippen LogP contribution in [0.4, 0.5) is 0 Å². The number of nitrogens with two attached hydrogens (primary N) is 1. The maximum atomic E-state index is 4.83. The molecular formula is C7H20N2O2. The number of rotatable bonds is 7. The summed E-state index contributed by atoms with van der Waals surface area (Å²) in [4.78, 5) is 4.38. The minimum Gasteiger partial charge on any atom is -0.383 e. The van der Waals surface area contributed by atoms with Crippen molar-refractivity contribution in [2.24, 2.45) is 5.90 Å². The van der Waals surface area contributed by atoms with Gasteiger partial charge in [-0.1, -0.05) is 7.43 Å². The minimum absolute atomic E-state index is 0. The summed E-state index contributed by atoms with van der Waals surface area (Å²) in [7, 11) is 1.69. The summed E-state index contributed by atoms with van der Waals surface area (Å²) in [6, 6.07) is 0. The first-order chi connectivity index (χ1) is 4.91. The van der Waals surface area contributed by atoms with E-state index in [-0.39, 0.29) is 7.43 Å². The molecule has 4 heteroatoms. The first-order valence-corrected chi connectivity index (χ1v) is 3.43. The van der Waals surface area contributed by atoms with Crippen LogP contribution in [0.2, 0.25) is 0 Å². The van der Waals surface area contributed by atoms with E-state index in [1.165, 1.54) is 0 Å². The fourth-order valence-electron chi connectivity index (χ4n) is 0.580. The van der Waals surface area contributed by atoms with Gasteiger partial charge in [-0.25, -0.2) is 5.90 Å². The van der Waals surface area contributed by atoms with Crippen molar-refractivity contribution < 1.29 is 9.57 Å². The molecule has 4 nitrogen and oxygen atoms in total. The average Bonchev–Trinajstić information content (AvgIpc) is 1.97. The molecule has 0 aliphatic heterocycles. The largest absolute Gasteiger partial charge is 0.383 e. The molecule has 0 heterocycles. The number of nitrogens with one attached hydrogen (secondary N) is 1. The van der Waals surface area contributed by atoms with Gasteiger partial charge in [0.15, 0.2) is 0 Å². The zero-order valence-corrected chi connectivity index (χ0v) is 6.43. The lowest BCUT2D eigenvalue weighted by molar-refractivity contribution is 0.134. The maximum Gasteiger partial charge on any atom is 0.0691 e. The second-order valence-electron chi connectivity index (χ2n) is 1.97. The van der Waals surface area contributed by atoms with E-state index in [0.29, 0.717) is 6.61 Å². The van der Waals surface area contributed by atoms with Gasteiger partial charge in [0.2, 0.25) is 0 Å². The van der Waals surface area contributed by atoms with E-state index in [1.807, 2.05) is 0 Å². The number of hydrogen-bond donors (Lipinski definition) is 2. The Morgan fingerprint density at radius 2 is 2.00 bits per heavy atom. The molecule has 0 saturated carbocycles. The van der Waals surface area contributed by atoms with Gasteiger partial charge >= 0.3 is 0 Å². The molecular weight excluding hydrogens is 144 g/mol. The molecule has 0 rings (SSSR count). The van der Waals surface area contributed by atoms with Gasteiger partial charge in [-0.2, -0.15) is 0 Å². The van der Waals surface area contributed by atoms with E-state index >= 15 is 0 Å². The van der Waals surface area contributed by atoms with Gasteiger partial charge in [-0.3, -0.25) is 0 Å². The summed E-state index contributed by atoms with van der Waals surface area (Å²) < 4.78 is 4.83. The van der Waals surface area contributed by atoms with Crippen molar-refractivity contribution >= 4 is 0 Å².